The molecule has 0 bridgehead atoms. The van der Waals surface area contributed by atoms with Crippen LogP contribution in [0.3, 0.4) is 0 Å². The highest BCUT2D eigenvalue weighted by atomic mass is 15.6. The molecule has 1 aliphatic rings. The molecule has 0 aromatic carbocycles. The Kier molecular flexibility index (Phi) is 2.58. The highest BCUT2D eigenvalue weighted by Gasteiger charge is 2.19. The largest absolute Gasteiger partial charge is 0.287 e. The molecule has 0 spiro atoms. The lowest BCUT2D eigenvalue weighted by Gasteiger charge is -2.36. The van der Waals surface area contributed by atoms with Crippen LogP contribution in [0.2, 0.25) is 0 Å². The molecule has 59 valence electrons. The Morgan fingerprint density at radius 1 is 1.60 bits per heavy atom. The maximum atomic E-state index is 5.59. The Labute approximate surface area is 60.9 Å². The van der Waals surface area contributed by atoms with Crippen LogP contribution in [0.25, 0.3) is 0 Å². The summed E-state index contributed by atoms with van der Waals surface area (Å²) in [5.41, 5.74) is 0. The summed E-state index contributed by atoms with van der Waals surface area (Å²) in [6.45, 7) is 5.01. The van der Waals surface area contributed by atoms with Crippen molar-refractivity contribution in [2.75, 3.05) is 13.3 Å². The zero-order valence-electron chi connectivity index (χ0n) is 5.95. The molecule has 1 rings (SSSR count). The van der Waals surface area contributed by atoms with Gasteiger partial charge >= 0.3 is 0 Å². The Morgan fingerprint density at radius 2 is 2.30 bits per heavy atom. The summed E-state index contributed by atoms with van der Waals surface area (Å²) < 4.78 is 0. The molecule has 1 fully saturated rings. The normalized spacial score (nSPS) is 30.9. The minimum absolute atomic E-state index is 0.166. The predicted molar refractivity (Wildman–Crippen MR) is 38.7 cm³/mol. The Morgan fingerprint density at radius 3 is 2.80 bits per heavy atom. The summed E-state index contributed by atoms with van der Waals surface area (Å²) in [5.74, 6) is 11.1. The van der Waals surface area contributed by atoms with Crippen LogP contribution < -0.4 is 17.0 Å². The van der Waals surface area contributed by atoms with E-state index in [4.69, 9.17) is 11.7 Å². The van der Waals surface area contributed by atoms with Crippen LogP contribution in [0.5, 0.6) is 0 Å². The summed E-state index contributed by atoms with van der Waals surface area (Å²) in [5, 5.41) is 6.35. The van der Waals surface area contributed by atoms with E-state index in [-0.39, 0.29) is 6.17 Å². The lowest BCUT2D eigenvalue weighted by atomic mass is 10.3. The molecular weight excluding hydrogens is 130 g/mol. The lowest BCUT2D eigenvalue weighted by Crippen LogP contribution is -2.63. The van der Waals surface area contributed by atoms with Crippen molar-refractivity contribution in [3.63, 3.8) is 0 Å². The Balaban J connectivity index is 2.36. The van der Waals surface area contributed by atoms with Crippen LogP contribution in [0.15, 0.2) is 0 Å². The number of hydrazine groups is 2. The summed E-state index contributed by atoms with van der Waals surface area (Å²) >= 11 is 0. The molecule has 0 saturated carbocycles. The van der Waals surface area contributed by atoms with Crippen molar-refractivity contribution in [3.8, 4) is 0 Å². The number of hydrogen-bond acceptors (Lipinski definition) is 5. The van der Waals surface area contributed by atoms with Gasteiger partial charge in [0.05, 0.1) is 19.5 Å². The molecule has 1 heterocycles. The van der Waals surface area contributed by atoms with Crippen molar-refractivity contribution in [1.29, 1.82) is 0 Å². The molecule has 0 aromatic rings. The van der Waals surface area contributed by atoms with Gasteiger partial charge in [0.1, 0.15) is 0 Å². The molecule has 10 heavy (non-hydrogen) atoms. The van der Waals surface area contributed by atoms with Gasteiger partial charge in [0.2, 0.25) is 0 Å². The van der Waals surface area contributed by atoms with Crippen LogP contribution in [-0.2, 0) is 0 Å². The van der Waals surface area contributed by atoms with E-state index < -0.39 is 0 Å². The maximum Gasteiger partial charge on any atom is 0.0809 e. The van der Waals surface area contributed by atoms with Crippen molar-refractivity contribution < 1.29 is 0 Å². The fraction of sp³-hybridized carbons (Fsp3) is 0.800. The minimum Gasteiger partial charge on any atom is -0.287 e. The molecule has 1 unspecified atom stereocenters. The van der Waals surface area contributed by atoms with E-state index in [2.05, 4.69) is 12.2 Å². The number of rotatable bonds is 1. The summed E-state index contributed by atoms with van der Waals surface area (Å²) in [6.07, 6.45) is 0.921. The number of nitrogens with two attached hydrogens (primary N) is 2. The van der Waals surface area contributed by atoms with Gasteiger partial charge in [-0.25, -0.2) is 10.0 Å². The summed E-state index contributed by atoms with van der Waals surface area (Å²) in [6, 6.07) is 0. The first kappa shape index (κ1) is 7.90. The fourth-order valence-corrected chi connectivity index (χ4v) is 0.966. The third-order valence-electron chi connectivity index (χ3n) is 1.55. The third-order valence-corrected chi connectivity index (χ3v) is 1.55. The van der Waals surface area contributed by atoms with Gasteiger partial charge in [0.25, 0.3) is 0 Å². The van der Waals surface area contributed by atoms with E-state index in [0.29, 0.717) is 13.3 Å². The van der Waals surface area contributed by atoms with Crippen LogP contribution in [-0.4, -0.2) is 29.5 Å². The number of nitrogens with one attached hydrogen (secondary N) is 1. The van der Waals surface area contributed by atoms with E-state index in [1.165, 1.54) is 0 Å². The monoisotopic (exact) mass is 144 g/mol. The first-order valence-electron chi connectivity index (χ1n) is 3.27. The van der Waals surface area contributed by atoms with Crippen molar-refractivity contribution >= 4 is 0 Å². The van der Waals surface area contributed by atoms with E-state index in [0.717, 1.165) is 6.42 Å². The van der Waals surface area contributed by atoms with Crippen molar-refractivity contribution in [3.05, 3.63) is 6.92 Å². The third kappa shape index (κ3) is 1.65. The maximum absolute atomic E-state index is 5.59. The summed E-state index contributed by atoms with van der Waals surface area (Å²) in [7, 11) is 0. The second-order valence-electron chi connectivity index (χ2n) is 2.41. The molecule has 1 saturated heterocycles. The first-order chi connectivity index (χ1) is 4.74. The van der Waals surface area contributed by atoms with Crippen LogP contribution in [0, 0.1) is 6.92 Å². The van der Waals surface area contributed by atoms with Gasteiger partial charge in [-0.3, -0.25) is 17.0 Å². The molecule has 0 aromatic heterocycles. The molecule has 1 radical (unpaired) electrons. The second-order valence-corrected chi connectivity index (χ2v) is 2.41. The standard InChI is InChI=1S/C5H14N5/c1-2-5-8-3-9(6)4-10(5)7/h5,8H,1-4,6-7H2. The highest BCUT2D eigenvalue weighted by Crippen LogP contribution is 1.99. The highest BCUT2D eigenvalue weighted by molar-refractivity contribution is 4.69. The first-order valence-corrected chi connectivity index (χ1v) is 3.27. The topological polar surface area (TPSA) is 70.5 Å². The molecule has 0 amide bonds. The van der Waals surface area contributed by atoms with Gasteiger partial charge in [-0.1, -0.05) is 6.92 Å². The number of hydrogen-bond donors (Lipinski definition) is 3. The minimum atomic E-state index is 0.166. The Hall–Kier alpha value is -0.200. The van der Waals surface area contributed by atoms with Crippen molar-refractivity contribution in [1.82, 2.24) is 15.3 Å². The molecular formula is C5H14N5. The molecule has 1 aliphatic heterocycles. The van der Waals surface area contributed by atoms with Crippen LogP contribution in [0.1, 0.15) is 6.42 Å². The predicted octanol–water partition coefficient (Wildman–Crippen LogP) is -1.59. The zero-order valence-corrected chi connectivity index (χ0v) is 5.95. The van der Waals surface area contributed by atoms with Crippen LogP contribution in [0.4, 0.5) is 0 Å². The average Bonchev–Trinajstić information content (AvgIpc) is 1.88. The lowest BCUT2D eigenvalue weighted by molar-refractivity contribution is 0.0154. The molecule has 0 aliphatic carbocycles. The van der Waals surface area contributed by atoms with Gasteiger partial charge in [0, 0.05) is 0 Å². The van der Waals surface area contributed by atoms with Gasteiger partial charge in [-0.15, -0.1) is 0 Å². The van der Waals surface area contributed by atoms with E-state index in [1.54, 1.807) is 10.0 Å². The van der Waals surface area contributed by atoms with Crippen molar-refractivity contribution in [2.24, 2.45) is 11.7 Å². The van der Waals surface area contributed by atoms with Crippen LogP contribution >= 0.6 is 0 Å². The van der Waals surface area contributed by atoms with Gasteiger partial charge < -0.3 is 0 Å². The van der Waals surface area contributed by atoms with Gasteiger partial charge in [-0.05, 0) is 6.42 Å². The quantitative estimate of drug-likeness (QED) is 0.387. The average molecular weight is 144 g/mol. The van der Waals surface area contributed by atoms with Gasteiger partial charge in [-0.2, -0.15) is 0 Å². The van der Waals surface area contributed by atoms with E-state index in [1.807, 2.05) is 0 Å². The Bertz CT molecular complexity index is 106. The zero-order chi connectivity index (χ0) is 7.56. The van der Waals surface area contributed by atoms with E-state index in [9.17, 15) is 0 Å². The smallest absolute Gasteiger partial charge is 0.0809 e. The molecule has 5 nitrogen and oxygen atoms in total. The number of nitrogens with zero attached hydrogens (tertiary/aromatic N) is 2. The molecule has 5 N–H and O–H groups in total. The molecule has 1 atom stereocenters. The summed E-state index contributed by atoms with van der Waals surface area (Å²) in [4.78, 5) is 0. The SMILES string of the molecule is [CH2]CC1NCN(N)CN1N. The fourth-order valence-electron chi connectivity index (χ4n) is 0.966. The second kappa shape index (κ2) is 3.27. The van der Waals surface area contributed by atoms with Gasteiger partial charge in [0.15, 0.2) is 0 Å². The molecule has 5 heteroatoms. The van der Waals surface area contributed by atoms with Crippen molar-refractivity contribution in [2.45, 2.75) is 12.6 Å². The van der Waals surface area contributed by atoms with E-state index >= 15 is 0 Å².